The van der Waals surface area contributed by atoms with Gasteiger partial charge in [0, 0.05) is 26.3 Å². The predicted octanol–water partition coefficient (Wildman–Crippen LogP) is 2.94. The highest BCUT2D eigenvalue weighted by molar-refractivity contribution is 5.99. The van der Waals surface area contributed by atoms with E-state index in [1.165, 1.54) is 17.6 Å². The van der Waals surface area contributed by atoms with E-state index in [0.29, 0.717) is 36.8 Å². The Kier molecular flexibility index (Phi) is 7.52. The molecule has 2 aromatic rings. The van der Waals surface area contributed by atoms with Crippen LogP contribution in [-0.2, 0) is 16.0 Å². The van der Waals surface area contributed by atoms with Gasteiger partial charge in [-0.3, -0.25) is 9.59 Å². The van der Waals surface area contributed by atoms with E-state index in [1.807, 2.05) is 24.0 Å². The number of carbonyl (C=O) groups excluding carboxylic acids is 2. The van der Waals surface area contributed by atoms with Crippen molar-refractivity contribution in [3.05, 3.63) is 59.2 Å². The van der Waals surface area contributed by atoms with Crippen LogP contribution in [0.25, 0.3) is 0 Å². The molecule has 7 heteroatoms. The topological polar surface area (TPSA) is 68.3 Å². The van der Waals surface area contributed by atoms with E-state index < -0.39 is 0 Å². The van der Waals surface area contributed by atoms with Gasteiger partial charge in [0.2, 0.25) is 5.91 Å². The molecule has 7 nitrogen and oxygen atoms in total. The first-order valence-electron chi connectivity index (χ1n) is 10.4. The molecule has 0 saturated carbocycles. The summed E-state index contributed by atoms with van der Waals surface area (Å²) in [5, 5.41) is 0. The minimum Gasteiger partial charge on any atom is -0.497 e. The first-order chi connectivity index (χ1) is 15.0. The van der Waals surface area contributed by atoms with E-state index in [2.05, 4.69) is 12.1 Å². The zero-order chi connectivity index (χ0) is 22.4. The van der Waals surface area contributed by atoms with Crippen molar-refractivity contribution >= 4 is 11.8 Å². The zero-order valence-electron chi connectivity index (χ0n) is 18.6. The molecule has 0 bridgehead atoms. The Labute approximate surface area is 183 Å². The van der Waals surface area contributed by atoms with Gasteiger partial charge in [0.15, 0.2) is 0 Å². The second-order valence-corrected chi connectivity index (χ2v) is 7.50. The van der Waals surface area contributed by atoms with E-state index in [1.54, 1.807) is 32.4 Å². The first kappa shape index (κ1) is 22.6. The van der Waals surface area contributed by atoms with Gasteiger partial charge in [0.1, 0.15) is 18.0 Å². The van der Waals surface area contributed by atoms with E-state index >= 15 is 0 Å². The molecule has 0 aliphatic carbocycles. The fourth-order valence-electron chi connectivity index (χ4n) is 3.97. The van der Waals surface area contributed by atoms with Gasteiger partial charge in [-0.25, -0.2) is 0 Å². The molecule has 2 aromatic carbocycles. The van der Waals surface area contributed by atoms with Gasteiger partial charge in [-0.2, -0.15) is 0 Å². The number of benzene rings is 2. The lowest BCUT2D eigenvalue weighted by Gasteiger charge is -2.36. The Balaban J connectivity index is 1.80. The maximum atomic E-state index is 13.3. The van der Waals surface area contributed by atoms with Crippen LogP contribution in [0, 0.1) is 0 Å². The van der Waals surface area contributed by atoms with Crippen molar-refractivity contribution in [2.75, 3.05) is 47.6 Å². The van der Waals surface area contributed by atoms with Gasteiger partial charge in [-0.1, -0.05) is 24.3 Å². The summed E-state index contributed by atoms with van der Waals surface area (Å²) in [7, 11) is 4.63. The van der Waals surface area contributed by atoms with E-state index in [9.17, 15) is 9.59 Å². The second kappa shape index (κ2) is 10.3. The smallest absolute Gasteiger partial charge is 0.258 e. The number of hydrogen-bond acceptors (Lipinski definition) is 5. The predicted molar refractivity (Wildman–Crippen MR) is 118 cm³/mol. The summed E-state index contributed by atoms with van der Waals surface area (Å²) in [6.07, 6.45) is 0.810. The summed E-state index contributed by atoms with van der Waals surface area (Å²) >= 11 is 0. The lowest BCUT2D eigenvalue weighted by molar-refractivity contribution is -0.134. The minimum atomic E-state index is -0.282. The number of ether oxygens (including phenoxy) is 3. The Bertz CT molecular complexity index is 930. The van der Waals surface area contributed by atoms with Crippen molar-refractivity contribution in [2.24, 2.45) is 0 Å². The van der Waals surface area contributed by atoms with Crippen LogP contribution in [0.5, 0.6) is 11.5 Å². The third-order valence-corrected chi connectivity index (χ3v) is 5.73. The van der Waals surface area contributed by atoms with Crippen LogP contribution in [0.2, 0.25) is 0 Å². The van der Waals surface area contributed by atoms with Crippen LogP contribution in [0.4, 0.5) is 0 Å². The molecule has 0 spiro atoms. The number of methoxy groups -OCH3 is 3. The summed E-state index contributed by atoms with van der Waals surface area (Å²) in [5.74, 6) is 0.627. The molecular formula is C24H30N2O5. The van der Waals surface area contributed by atoms with Crippen molar-refractivity contribution in [3.8, 4) is 11.5 Å². The summed E-state index contributed by atoms with van der Waals surface area (Å²) in [5.41, 5.74) is 2.81. The zero-order valence-corrected chi connectivity index (χ0v) is 18.6. The molecule has 1 aliphatic heterocycles. The molecule has 2 amide bonds. The fourth-order valence-corrected chi connectivity index (χ4v) is 3.97. The van der Waals surface area contributed by atoms with Crippen molar-refractivity contribution in [1.29, 1.82) is 0 Å². The van der Waals surface area contributed by atoms with Crippen LogP contribution in [-0.4, -0.2) is 69.2 Å². The Morgan fingerprint density at radius 1 is 1.10 bits per heavy atom. The highest BCUT2D eigenvalue weighted by atomic mass is 16.5. The molecule has 1 atom stereocenters. The van der Waals surface area contributed by atoms with E-state index in [0.717, 1.165) is 12.0 Å². The number of carbonyl (C=O) groups is 2. The largest absolute Gasteiger partial charge is 0.497 e. The van der Waals surface area contributed by atoms with Gasteiger partial charge in [0.25, 0.3) is 5.91 Å². The maximum absolute atomic E-state index is 13.3. The number of hydrogen-bond donors (Lipinski definition) is 0. The van der Waals surface area contributed by atoms with Crippen LogP contribution in [0.15, 0.2) is 42.5 Å². The lowest BCUT2D eigenvalue weighted by atomic mass is 9.93. The van der Waals surface area contributed by atoms with Gasteiger partial charge in [-0.15, -0.1) is 0 Å². The van der Waals surface area contributed by atoms with Gasteiger partial charge >= 0.3 is 0 Å². The molecule has 0 fully saturated rings. The molecule has 0 radical (unpaired) electrons. The van der Waals surface area contributed by atoms with E-state index in [4.69, 9.17) is 14.2 Å². The average molecular weight is 427 g/mol. The Hall–Kier alpha value is -3.06. The van der Waals surface area contributed by atoms with E-state index in [-0.39, 0.29) is 24.4 Å². The summed E-state index contributed by atoms with van der Waals surface area (Å²) in [6.45, 7) is 3.27. The van der Waals surface area contributed by atoms with Crippen molar-refractivity contribution < 1.29 is 23.8 Å². The van der Waals surface area contributed by atoms with Gasteiger partial charge in [0.05, 0.1) is 32.4 Å². The highest BCUT2D eigenvalue weighted by Gasteiger charge is 2.30. The van der Waals surface area contributed by atoms with Crippen molar-refractivity contribution in [2.45, 2.75) is 19.4 Å². The molecular weight excluding hydrogens is 396 g/mol. The molecule has 31 heavy (non-hydrogen) atoms. The second-order valence-electron chi connectivity index (χ2n) is 7.50. The molecule has 166 valence electrons. The average Bonchev–Trinajstić information content (AvgIpc) is 2.81. The quantitative estimate of drug-likeness (QED) is 0.649. The number of nitrogens with zero attached hydrogens (tertiary/aromatic N) is 2. The number of rotatable bonds is 8. The molecule has 1 aliphatic rings. The molecule has 0 aromatic heterocycles. The van der Waals surface area contributed by atoms with Gasteiger partial charge in [-0.05, 0) is 36.6 Å². The third-order valence-electron chi connectivity index (χ3n) is 5.73. The summed E-state index contributed by atoms with van der Waals surface area (Å²) < 4.78 is 15.8. The fraction of sp³-hybridized carbons (Fsp3) is 0.417. The van der Waals surface area contributed by atoms with Crippen LogP contribution < -0.4 is 9.47 Å². The molecule has 1 heterocycles. The van der Waals surface area contributed by atoms with Gasteiger partial charge < -0.3 is 24.0 Å². The van der Waals surface area contributed by atoms with Crippen LogP contribution in [0.3, 0.4) is 0 Å². The monoisotopic (exact) mass is 426 g/mol. The first-order valence-corrected chi connectivity index (χ1v) is 10.4. The Morgan fingerprint density at radius 2 is 1.87 bits per heavy atom. The molecule has 3 rings (SSSR count). The van der Waals surface area contributed by atoms with Crippen molar-refractivity contribution in [1.82, 2.24) is 9.80 Å². The van der Waals surface area contributed by atoms with Crippen LogP contribution >= 0.6 is 0 Å². The number of amides is 2. The number of fused-ring (bicyclic) bond motifs is 1. The summed E-state index contributed by atoms with van der Waals surface area (Å²) in [6, 6.07) is 13.2. The lowest BCUT2D eigenvalue weighted by Crippen LogP contribution is -2.47. The molecule has 0 saturated heterocycles. The van der Waals surface area contributed by atoms with Crippen LogP contribution in [0.1, 0.15) is 34.5 Å². The van der Waals surface area contributed by atoms with Crippen molar-refractivity contribution in [3.63, 3.8) is 0 Å². The molecule has 1 unspecified atom stereocenters. The highest BCUT2D eigenvalue weighted by Crippen LogP contribution is 2.30. The third kappa shape index (κ3) is 4.99. The Morgan fingerprint density at radius 3 is 2.58 bits per heavy atom. The maximum Gasteiger partial charge on any atom is 0.258 e. The summed E-state index contributed by atoms with van der Waals surface area (Å²) in [4.78, 5) is 29.9. The standard InChI is InChI=1S/C24H30N2O5/c1-17-20-8-6-5-7-18(20)11-12-26(17)23(27)16-25(13-14-29-2)24(28)21-10-9-19(30-3)15-22(21)31-4/h5-10,15,17H,11-14,16H2,1-4H3. The normalized spacial score (nSPS) is 15.2. The minimum absolute atomic E-state index is 0.0239. The SMILES string of the molecule is COCCN(CC(=O)N1CCc2ccccc2C1C)C(=O)c1ccc(OC)cc1OC. The molecule has 0 N–H and O–H groups in total.